The van der Waals surface area contributed by atoms with Gasteiger partial charge in [0.15, 0.2) is 14.4 Å². The van der Waals surface area contributed by atoms with Gasteiger partial charge in [-0.25, -0.2) is 4.79 Å². The number of hydrogen-bond acceptors (Lipinski definition) is 3. The fourth-order valence-corrected chi connectivity index (χ4v) is 3.08. The van der Waals surface area contributed by atoms with E-state index in [4.69, 9.17) is 9.16 Å². The van der Waals surface area contributed by atoms with Crippen LogP contribution in [0, 0.1) is 0 Å². The van der Waals surface area contributed by atoms with Crippen molar-refractivity contribution in [2.24, 2.45) is 0 Å². The maximum atomic E-state index is 12.0. The number of benzene rings is 1. The molecule has 0 heterocycles. The third-order valence-corrected chi connectivity index (χ3v) is 3.90. The van der Waals surface area contributed by atoms with Crippen LogP contribution in [0.25, 0.3) is 5.53 Å². The molecule has 21 heavy (non-hydrogen) atoms. The van der Waals surface area contributed by atoms with Crippen molar-refractivity contribution in [3.8, 4) is 0 Å². The van der Waals surface area contributed by atoms with Crippen molar-refractivity contribution in [1.29, 1.82) is 0 Å². The van der Waals surface area contributed by atoms with E-state index in [1.54, 1.807) is 6.92 Å². The molecule has 1 unspecified atom stereocenters. The van der Waals surface area contributed by atoms with Crippen LogP contribution in [0.2, 0.25) is 19.6 Å². The largest absolute Gasteiger partial charge is 0.457 e. The van der Waals surface area contributed by atoms with Crippen LogP contribution in [0.4, 0.5) is 0 Å². The van der Waals surface area contributed by atoms with E-state index in [0.29, 0.717) is 0 Å². The summed E-state index contributed by atoms with van der Waals surface area (Å²) in [5.41, 5.74) is 9.82. The van der Waals surface area contributed by atoms with Gasteiger partial charge in [-0.15, -0.1) is 0 Å². The molecule has 0 bridgehead atoms. The molecule has 1 aromatic carbocycles. The van der Waals surface area contributed by atoms with Gasteiger partial charge in [0, 0.05) is 4.47 Å². The fraction of sp³-hybridized carbons (Fsp3) is 0.429. The van der Waals surface area contributed by atoms with Crippen LogP contribution < -0.4 is 0 Å². The predicted octanol–water partition coefficient (Wildman–Crippen LogP) is 3.58. The number of nitrogens with zero attached hydrogens (tertiary/aromatic N) is 2. The average molecular weight is 371 g/mol. The van der Waals surface area contributed by atoms with E-state index >= 15 is 0 Å². The zero-order valence-electron chi connectivity index (χ0n) is 12.6. The van der Waals surface area contributed by atoms with Crippen molar-refractivity contribution in [3.63, 3.8) is 0 Å². The summed E-state index contributed by atoms with van der Waals surface area (Å²) in [5.74, 6) is -0.678. The van der Waals surface area contributed by atoms with Gasteiger partial charge >= 0.3 is 11.7 Å². The first kappa shape index (κ1) is 17.8. The van der Waals surface area contributed by atoms with Crippen LogP contribution in [-0.2, 0) is 14.0 Å². The van der Waals surface area contributed by atoms with Crippen LogP contribution in [0.1, 0.15) is 18.6 Å². The van der Waals surface area contributed by atoms with Gasteiger partial charge in [0.2, 0.25) is 0 Å². The third kappa shape index (κ3) is 5.55. The maximum absolute atomic E-state index is 12.0. The van der Waals surface area contributed by atoms with Gasteiger partial charge in [0.25, 0.3) is 0 Å². The molecule has 1 atom stereocenters. The molecule has 0 spiro atoms. The Labute approximate surface area is 134 Å². The van der Waals surface area contributed by atoms with Gasteiger partial charge < -0.3 is 14.7 Å². The summed E-state index contributed by atoms with van der Waals surface area (Å²) in [6.07, 6.45) is -0.752. The van der Waals surface area contributed by atoms with Gasteiger partial charge in [-0.3, -0.25) is 0 Å². The number of hydrogen-bond donors (Lipinski definition) is 0. The Morgan fingerprint density at radius 2 is 2.10 bits per heavy atom. The maximum Gasteiger partial charge on any atom is 0.420 e. The molecule has 0 radical (unpaired) electrons. The van der Waals surface area contributed by atoms with Gasteiger partial charge in [-0.05, 0) is 44.3 Å². The normalized spacial score (nSPS) is 12.4. The summed E-state index contributed by atoms with van der Waals surface area (Å²) in [4.78, 5) is 15.1. The van der Waals surface area contributed by atoms with E-state index in [0.717, 1.165) is 10.0 Å². The van der Waals surface area contributed by atoms with Crippen molar-refractivity contribution in [2.75, 3.05) is 6.61 Å². The van der Waals surface area contributed by atoms with Gasteiger partial charge in [0.1, 0.15) is 0 Å². The average Bonchev–Trinajstić information content (AvgIpc) is 2.37. The first-order valence-electron chi connectivity index (χ1n) is 6.61. The summed E-state index contributed by atoms with van der Waals surface area (Å²) in [7, 11) is -1.98. The Morgan fingerprint density at radius 1 is 1.43 bits per heavy atom. The molecule has 1 rings (SSSR count). The number of halogens is 1. The minimum Gasteiger partial charge on any atom is -0.457 e. The first-order valence-corrected chi connectivity index (χ1v) is 10.8. The number of carbonyl (C=O) groups excluding carboxylic acids is 1. The zero-order valence-corrected chi connectivity index (χ0v) is 15.2. The second kappa shape index (κ2) is 7.65. The zero-order chi connectivity index (χ0) is 16.0. The van der Waals surface area contributed by atoms with Gasteiger partial charge in [-0.1, -0.05) is 28.1 Å². The van der Waals surface area contributed by atoms with Crippen molar-refractivity contribution >= 4 is 35.9 Å². The van der Waals surface area contributed by atoms with E-state index in [1.165, 1.54) is 0 Å². The molecule has 0 aromatic heterocycles. The van der Waals surface area contributed by atoms with E-state index in [2.05, 4.69) is 20.7 Å². The molecule has 7 heteroatoms. The highest BCUT2D eigenvalue weighted by Crippen LogP contribution is 2.26. The van der Waals surface area contributed by atoms with E-state index < -0.39 is 20.4 Å². The van der Waals surface area contributed by atoms with Crippen LogP contribution in [0.15, 0.2) is 28.7 Å². The lowest BCUT2D eigenvalue weighted by atomic mass is 10.1. The predicted molar refractivity (Wildman–Crippen MR) is 86.6 cm³/mol. The summed E-state index contributed by atoms with van der Waals surface area (Å²) in [6.45, 7) is 7.89. The number of carbonyl (C=O) groups is 1. The Kier molecular flexibility index (Phi) is 6.48. The molecule has 0 saturated carbocycles. The van der Waals surface area contributed by atoms with E-state index in [9.17, 15) is 10.3 Å². The Bertz CT molecular complexity index is 566. The number of esters is 1. The second-order valence-corrected chi connectivity index (χ2v) is 10.7. The highest BCUT2D eigenvalue weighted by atomic mass is 79.9. The standard InChI is InChI=1S/C14H19BrN2O3Si/c1-5-19-14(18)12(17-16)13(20-21(2,3)4)10-7-6-8-11(15)9-10/h6-9,13H,5H2,1-4H3. The molecule has 0 N–H and O–H groups in total. The lowest BCUT2D eigenvalue weighted by Gasteiger charge is -2.23. The number of ether oxygens (including phenoxy) is 1. The molecule has 114 valence electrons. The van der Waals surface area contributed by atoms with E-state index in [1.807, 2.05) is 43.9 Å². The molecule has 0 aliphatic heterocycles. The van der Waals surface area contributed by atoms with Crippen LogP contribution in [-0.4, -0.2) is 31.4 Å². The highest BCUT2D eigenvalue weighted by molar-refractivity contribution is 9.10. The van der Waals surface area contributed by atoms with E-state index in [-0.39, 0.29) is 12.3 Å². The lowest BCUT2D eigenvalue weighted by Crippen LogP contribution is -2.35. The minimum absolute atomic E-state index is 0.141. The van der Waals surface area contributed by atoms with Gasteiger partial charge in [-0.2, -0.15) is 4.79 Å². The summed E-state index contributed by atoms with van der Waals surface area (Å²) < 4.78 is 11.8. The number of rotatable bonds is 6. The Balaban J connectivity index is 3.25. The van der Waals surface area contributed by atoms with Crippen molar-refractivity contribution in [3.05, 3.63) is 39.8 Å². The Hall–Kier alpha value is -1.27. The molecular weight excluding hydrogens is 352 g/mol. The minimum atomic E-state index is -1.98. The first-order chi connectivity index (χ1) is 9.78. The SMILES string of the molecule is CCOC(=O)C(=[N+]=[N-])C(O[Si](C)(C)C)c1cccc(Br)c1. The third-order valence-electron chi connectivity index (χ3n) is 2.46. The Morgan fingerprint density at radius 3 is 2.57 bits per heavy atom. The quantitative estimate of drug-likeness (QED) is 0.252. The highest BCUT2D eigenvalue weighted by Gasteiger charge is 2.38. The molecule has 0 fully saturated rings. The van der Waals surface area contributed by atoms with Crippen molar-refractivity contribution in [1.82, 2.24) is 0 Å². The summed E-state index contributed by atoms with van der Waals surface area (Å²) in [5, 5.41) is 0. The summed E-state index contributed by atoms with van der Waals surface area (Å²) >= 11 is 3.39. The molecule has 0 saturated heterocycles. The van der Waals surface area contributed by atoms with Gasteiger partial charge in [0.05, 0.1) is 6.61 Å². The molecule has 1 aromatic rings. The van der Waals surface area contributed by atoms with Crippen molar-refractivity contribution < 1.29 is 18.7 Å². The van der Waals surface area contributed by atoms with Crippen LogP contribution in [0.3, 0.4) is 0 Å². The summed E-state index contributed by atoms with van der Waals surface area (Å²) in [6, 6.07) is 7.35. The van der Waals surface area contributed by atoms with Crippen LogP contribution >= 0.6 is 15.9 Å². The molecule has 5 nitrogen and oxygen atoms in total. The van der Waals surface area contributed by atoms with Crippen molar-refractivity contribution in [2.45, 2.75) is 32.7 Å². The molecule has 0 aliphatic rings. The van der Waals surface area contributed by atoms with Crippen LogP contribution in [0.5, 0.6) is 0 Å². The topological polar surface area (TPSA) is 71.9 Å². The lowest BCUT2D eigenvalue weighted by molar-refractivity contribution is -0.141. The smallest absolute Gasteiger partial charge is 0.420 e. The molecule has 0 amide bonds. The second-order valence-electron chi connectivity index (χ2n) is 5.37. The monoisotopic (exact) mass is 370 g/mol. The fourth-order valence-electron chi connectivity index (χ4n) is 1.71. The molecule has 0 aliphatic carbocycles. The molecular formula is C14H19BrN2O3Si.